The third-order valence-electron chi connectivity index (χ3n) is 4.42. The van der Waals surface area contributed by atoms with Gasteiger partial charge in [0, 0.05) is 31.9 Å². The second kappa shape index (κ2) is 11.5. The zero-order chi connectivity index (χ0) is 17.7. The molecule has 0 fully saturated rings. The number of imidazole rings is 1. The Morgan fingerprint density at radius 2 is 1.84 bits per heavy atom. The van der Waals surface area contributed by atoms with Crippen LogP contribution in [-0.2, 0) is 4.79 Å². The normalized spacial score (nSPS) is 10.9. The molecule has 0 aliphatic heterocycles. The van der Waals surface area contributed by atoms with Crippen molar-refractivity contribution in [2.24, 2.45) is 0 Å². The van der Waals surface area contributed by atoms with Gasteiger partial charge in [-0.2, -0.15) is 0 Å². The molecular weight excluding hydrogens is 312 g/mol. The van der Waals surface area contributed by atoms with Crippen LogP contribution in [0.4, 0.5) is 5.82 Å². The van der Waals surface area contributed by atoms with Gasteiger partial charge in [0.15, 0.2) is 0 Å². The molecule has 5 heteroatoms. The summed E-state index contributed by atoms with van der Waals surface area (Å²) in [4.78, 5) is 16.1. The molecule has 0 radical (unpaired) electrons. The standard InChI is InChI=1S/C20H32N4O/c1-2-3-4-5-6-7-8-13-20(25)23-15-10-14-21-18-11-9-12-19-22-16-17-24(18)19/h9,11-12,16-17,21H,2-8,10,13-15H2,1H3,(H,23,25). The molecule has 2 rings (SSSR count). The predicted octanol–water partition coefficient (Wildman–Crippen LogP) is 4.39. The average Bonchev–Trinajstić information content (AvgIpc) is 3.10. The summed E-state index contributed by atoms with van der Waals surface area (Å²) in [6, 6.07) is 6.01. The van der Waals surface area contributed by atoms with E-state index in [1.54, 1.807) is 6.20 Å². The minimum Gasteiger partial charge on any atom is -0.371 e. The van der Waals surface area contributed by atoms with E-state index in [9.17, 15) is 4.79 Å². The second-order valence-electron chi connectivity index (χ2n) is 6.57. The fraction of sp³-hybridized carbons (Fsp3) is 0.600. The number of hydrogen-bond donors (Lipinski definition) is 2. The van der Waals surface area contributed by atoms with Gasteiger partial charge in [-0.3, -0.25) is 9.20 Å². The Morgan fingerprint density at radius 3 is 2.68 bits per heavy atom. The Hall–Kier alpha value is -2.04. The summed E-state index contributed by atoms with van der Waals surface area (Å²) in [6.45, 7) is 3.79. The van der Waals surface area contributed by atoms with Crippen molar-refractivity contribution in [3.63, 3.8) is 0 Å². The van der Waals surface area contributed by atoms with Crippen LogP contribution in [0.3, 0.4) is 0 Å². The van der Waals surface area contributed by atoms with E-state index in [0.717, 1.165) is 37.4 Å². The Bertz CT molecular complexity index is 623. The number of carbonyl (C=O) groups excluding carboxylic acids is 1. The van der Waals surface area contributed by atoms with Gasteiger partial charge in [0.05, 0.1) is 0 Å². The fourth-order valence-electron chi connectivity index (χ4n) is 2.96. The monoisotopic (exact) mass is 344 g/mol. The largest absolute Gasteiger partial charge is 0.371 e. The van der Waals surface area contributed by atoms with Crippen molar-refractivity contribution in [1.29, 1.82) is 0 Å². The van der Waals surface area contributed by atoms with Crippen molar-refractivity contribution in [2.75, 3.05) is 18.4 Å². The molecule has 0 aliphatic carbocycles. The van der Waals surface area contributed by atoms with Crippen molar-refractivity contribution in [3.8, 4) is 0 Å². The van der Waals surface area contributed by atoms with Crippen molar-refractivity contribution >= 4 is 17.4 Å². The van der Waals surface area contributed by atoms with Crippen LogP contribution < -0.4 is 10.6 Å². The topological polar surface area (TPSA) is 58.4 Å². The first kappa shape index (κ1) is 19.3. The van der Waals surface area contributed by atoms with Gasteiger partial charge in [-0.15, -0.1) is 0 Å². The molecule has 2 heterocycles. The van der Waals surface area contributed by atoms with Gasteiger partial charge < -0.3 is 10.6 Å². The molecule has 0 spiro atoms. The van der Waals surface area contributed by atoms with E-state index >= 15 is 0 Å². The molecule has 0 saturated heterocycles. The molecule has 138 valence electrons. The number of amides is 1. The zero-order valence-corrected chi connectivity index (χ0v) is 15.5. The number of anilines is 1. The maximum Gasteiger partial charge on any atom is 0.219 e. The number of hydrogen-bond acceptors (Lipinski definition) is 3. The molecule has 0 bridgehead atoms. The van der Waals surface area contributed by atoms with Gasteiger partial charge in [0.1, 0.15) is 11.5 Å². The molecule has 0 saturated carbocycles. The average molecular weight is 345 g/mol. The van der Waals surface area contributed by atoms with Crippen LogP contribution in [0.1, 0.15) is 64.7 Å². The van der Waals surface area contributed by atoms with E-state index in [2.05, 4.69) is 22.5 Å². The van der Waals surface area contributed by atoms with Gasteiger partial charge in [-0.1, -0.05) is 51.5 Å². The Balaban J connectivity index is 1.49. The molecule has 0 atom stereocenters. The maximum atomic E-state index is 11.8. The number of pyridine rings is 1. The lowest BCUT2D eigenvalue weighted by molar-refractivity contribution is -0.121. The Kier molecular flexibility index (Phi) is 8.87. The number of nitrogens with one attached hydrogen (secondary N) is 2. The Morgan fingerprint density at radius 1 is 1.04 bits per heavy atom. The lowest BCUT2D eigenvalue weighted by Gasteiger charge is -2.09. The first-order valence-electron chi connectivity index (χ1n) is 9.74. The lowest BCUT2D eigenvalue weighted by atomic mass is 10.1. The quantitative estimate of drug-likeness (QED) is 0.530. The number of carbonyl (C=O) groups is 1. The lowest BCUT2D eigenvalue weighted by Crippen LogP contribution is -2.25. The number of fused-ring (bicyclic) bond motifs is 1. The first-order chi connectivity index (χ1) is 12.3. The first-order valence-corrected chi connectivity index (χ1v) is 9.74. The van der Waals surface area contributed by atoms with Gasteiger partial charge in [-0.05, 0) is 25.0 Å². The van der Waals surface area contributed by atoms with Crippen LogP contribution in [0.2, 0.25) is 0 Å². The van der Waals surface area contributed by atoms with Gasteiger partial charge in [0.25, 0.3) is 0 Å². The summed E-state index contributed by atoms with van der Waals surface area (Å²) < 4.78 is 2.03. The van der Waals surface area contributed by atoms with Crippen LogP contribution >= 0.6 is 0 Å². The third kappa shape index (κ3) is 7.16. The number of rotatable bonds is 13. The summed E-state index contributed by atoms with van der Waals surface area (Å²) in [5.41, 5.74) is 0.938. The van der Waals surface area contributed by atoms with Crippen LogP contribution in [0.15, 0.2) is 30.6 Å². The number of unbranched alkanes of at least 4 members (excludes halogenated alkanes) is 6. The molecule has 2 aromatic heterocycles. The molecule has 0 aliphatic rings. The van der Waals surface area contributed by atoms with Crippen LogP contribution in [0.5, 0.6) is 0 Å². The van der Waals surface area contributed by atoms with Crippen LogP contribution in [0, 0.1) is 0 Å². The highest BCUT2D eigenvalue weighted by molar-refractivity contribution is 5.75. The molecule has 25 heavy (non-hydrogen) atoms. The molecule has 0 aromatic carbocycles. The summed E-state index contributed by atoms with van der Waals surface area (Å²) in [6.07, 6.45) is 14.0. The molecule has 5 nitrogen and oxygen atoms in total. The summed E-state index contributed by atoms with van der Waals surface area (Å²) in [5.74, 6) is 1.22. The van der Waals surface area contributed by atoms with Crippen molar-refractivity contribution in [3.05, 3.63) is 30.6 Å². The maximum absolute atomic E-state index is 11.8. The van der Waals surface area contributed by atoms with Crippen LogP contribution in [-0.4, -0.2) is 28.4 Å². The SMILES string of the molecule is CCCCCCCCCC(=O)NCCCNc1cccc2nccn12. The van der Waals surface area contributed by atoms with Crippen LogP contribution in [0.25, 0.3) is 5.65 Å². The molecule has 0 unspecified atom stereocenters. The number of aromatic nitrogens is 2. The number of nitrogens with zero attached hydrogens (tertiary/aromatic N) is 2. The summed E-state index contributed by atoms with van der Waals surface area (Å²) >= 11 is 0. The van der Waals surface area contributed by atoms with E-state index in [1.807, 2.05) is 28.8 Å². The minimum atomic E-state index is 0.185. The minimum absolute atomic E-state index is 0.185. The highest BCUT2D eigenvalue weighted by atomic mass is 16.1. The highest BCUT2D eigenvalue weighted by Gasteiger charge is 2.02. The van der Waals surface area contributed by atoms with Gasteiger partial charge in [0.2, 0.25) is 5.91 Å². The van der Waals surface area contributed by atoms with E-state index in [0.29, 0.717) is 6.42 Å². The molecular formula is C20H32N4O. The Labute approximate surface area is 151 Å². The van der Waals surface area contributed by atoms with Crippen molar-refractivity contribution < 1.29 is 4.79 Å². The second-order valence-corrected chi connectivity index (χ2v) is 6.57. The van der Waals surface area contributed by atoms with E-state index < -0.39 is 0 Å². The summed E-state index contributed by atoms with van der Waals surface area (Å²) in [5, 5.41) is 6.41. The summed E-state index contributed by atoms with van der Waals surface area (Å²) in [7, 11) is 0. The smallest absolute Gasteiger partial charge is 0.219 e. The molecule has 2 aromatic rings. The zero-order valence-electron chi connectivity index (χ0n) is 15.5. The van der Waals surface area contributed by atoms with Gasteiger partial charge >= 0.3 is 0 Å². The molecule has 2 N–H and O–H groups in total. The van der Waals surface area contributed by atoms with Gasteiger partial charge in [-0.25, -0.2) is 4.98 Å². The predicted molar refractivity (Wildman–Crippen MR) is 104 cm³/mol. The van der Waals surface area contributed by atoms with Crippen molar-refractivity contribution in [2.45, 2.75) is 64.7 Å². The van der Waals surface area contributed by atoms with E-state index in [1.165, 1.54) is 38.5 Å². The third-order valence-corrected chi connectivity index (χ3v) is 4.42. The van der Waals surface area contributed by atoms with E-state index in [4.69, 9.17) is 0 Å². The molecule has 1 amide bonds. The van der Waals surface area contributed by atoms with E-state index in [-0.39, 0.29) is 5.91 Å². The fourth-order valence-corrected chi connectivity index (χ4v) is 2.96. The van der Waals surface area contributed by atoms with Crippen molar-refractivity contribution in [1.82, 2.24) is 14.7 Å². The highest BCUT2D eigenvalue weighted by Crippen LogP contribution is 2.10.